The summed E-state index contributed by atoms with van der Waals surface area (Å²) in [6, 6.07) is 3.17. The van der Waals surface area contributed by atoms with Crippen LogP contribution in [-0.4, -0.2) is 87.1 Å². The van der Waals surface area contributed by atoms with E-state index in [1.54, 1.807) is 66.9 Å². The van der Waals surface area contributed by atoms with Crippen LogP contribution in [-0.2, 0) is 19.1 Å². The smallest absolute Gasteiger partial charge is 0.408 e. The zero-order chi connectivity index (χ0) is 32.6. The number of carbonyl (C=O) groups excluding carboxylic acids is 3. The second kappa shape index (κ2) is 12.1. The zero-order valence-electron chi connectivity index (χ0n) is 26.6. The number of carbonyl (C=O) groups is 4. The zero-order valence-corrected chi connectivity index (χ0v) is 26.6. The molecular formula is C31H43N5O8. The minimum absolute atomic E-state index is 0.0107. The van der Waals surface area contributed by atoms with Crippen molar-refractivity contribution in [3.8, 4) is 11.5 Å². The Labute approximate surface area is 257 Å². The summed E-state index contributed by atoms with van der Waals surface area (Å²) < 4.78 is 17.0. The minimum atomic E-state index is -1.37. The van der Waals surface area contributed by atoms with Gasteiger partial charge in [-0.05, 0) is 50.7 Å². The Bertz CT molecular complexity index is 1430. The number of nitrogens with zero attached hydrogens (tertiary/aromatic N) is 3. The number of hydrogen-bond acceptors (Lipinski definition) is 9. The first-order valence-corrected chi connectivity index (χ1v) is 14.8. The summed E-state index contributed by atoms with van der Waals surface area (Å²) >= 11 is 0. The molecule has 0 radical (unpaired) electrons. The highest BCUT2D eigenvalue weighted by Gasteiger charge is 2.61. The average molecular weight is 614 g/mol. The van der Waals surface area contributed by atoms with Crippen molar-refractivity contribution in [2.45, 2.75) is 97.1 Å². The van der Waals surface area contributed by atoms with E-state index in [2.05, 4.69) is 20.8 Å². The van der Waals surface area contributed by atoms with Crippen molar-refractivity contribution in [1.29, 1.82) is 0 Å². The molecule has 0 bridgehead atoms. The van der Waals surface area contributed by atoms with Crippen molar-refractivity contribution in [1.82, 2.24) is 25.7 Å². The molecule has 1 saturated carbocycles. The Morgan fingerprint density at radius 1 is 1.16 bits per heavy atom. The summed E-state index contributed by atoms with van der Waals surface area (Å²) in [6.45, 7) is 12.4. The number of methoxy groups -OCH3 is 1. The van der Waals surface area contributed by atoms with Gasteiger partial charge < -0.3 is 34.9 Å². The maximum Gasteiger partial charge on any atom is 0.408 e. The van der Waals surface area contributed by atoms with Gasteiger partial charge in [0, 0.05) is 17.9 Å². The number of aromatic nitrogens is 2. The Hall–Kier alpha value is -4.16. The lowest BCUT2D eigenvalue weighted by Gasteiger charge is -2.35. The molecule has 240 valence electrons. The molecule has 2 fully saturated rings. The van der Waals surface area contributed by atoms with Crippen LogP contribution in [0.2, 0.25) is 0 Å². The van der Waals surface area contributed by atoms with E-state index in [1.807, 2.05) is 6.92 Å². The molecule has 0 spiro atoms. The van der Waals surface area contributed by atoms with Crippen LogP contribution in [0.1, 0.15) is 67.7 Å². The van der Waals surface area contributed by atoms with Crippen LogP contribution in [0.4, 0.5) is 4.79 Å². The topological polar surface area (TPSA) is 169 Å². The number of ether oxygens (including phenoxy) is 3. The number of rotatable bonds is 9. The van der Waals surface area contributed by atoms with Gasteiger partial charge in [-0.1, -0.05) is 34.1 Å². The second-order valence-corrected chi connectivity index (χ2v) is 13.6. The van der Waals surface area contributed by atoms with Crippen LogP contribution >= 0.6 is 0 Å². The fourth-order valence-electron chi connectivity index (χ4n) is 5.63. The van der Waals surface area contributed by atoms with E-state index in [0.29, 0.717) is 35.2 Å². The van der Waals surface area contributed by atoms with Gasteiger partial charge in [0.25, 0.3) is 0 Å². The lowest BCUT2D eigenvalue weighted by atomic mass is 9.85. The lowest BCUT2D eigenvalue weighted by Crippen LogP contribution is -2.59. The normalized spacial score (nSPS) is 23.9. The van der Waals surface area contributed by atoms with Gasteiger partial charge in [-0.15, -0.1) is 0 Å². The van der Waals surface area contributed by atoms with Gasteiger partial charge in [-0.3, -0.25) is 9.59 Å². The minimum Gasteiger partial charge on any atom is -0.497 e. The molecule has 1 aliphatic carbocycles. The number of fused-ring (bicyclic) bond motifs is 1. The van der Waals surface area contributed by atoms with Crippen molar-refractivity contribution < 1.29 is 38.5 Å². The number of carboxylic acid groups (broad SMARTS) is 1. The monoisotopic (exact) mass is 613 g/mol. The van der Waals surface area contributed by atoms with Gasteiger partial charge in [-0.2, -0.15) is 10.2 Å². The van der Waals surface area contributed by atoms with Gasteiger partial charge in [-0.25, -0.2) is 9.59 Å². The van der Waals surface area contributed by atoms with Gasteiger partial charge in [0.1, 0.15) is 46.3 Å². The molecule has 4 rings (SSSR count). The molecule has 5 atom stereocenters. The third kappa shape index (κ3) is 6.97. The molecule has 1 saturated heterocycles. The molecule has 44 heavy (non-hydrogen) atoms. The number of amides is 3. The molecule has 5 unspecified atom stereocenters. The van der Waals surface area contributed by atoms with Crippen molar-refractivity contribution in [2.24, 2.45) is 11.3 Å². The first-order chi connectivity index (χ1) is 20.5. The Morgan fingerprint density at radius 3 is 2.43 bits per heavy atom. The highest BCUT2D eigenvalue weighted by atomic mass is 16.6. The number of aliphatic carboxylic acids is 1. The van der Waals surface area contributed by atoms with Crippen molar-refractivity contribution >= 4 is 34.8 Å². The predicted molar refractivity (Wildman–Crippen MR) is 160 cm³/mol. The molecule has 2 heterocycles. The molecule has 2 aromatic rings. The Kier molecular flexibility index (Phi) is 8.99. The lowest BCUT2D eigenvalue weighted by molar-refractivity contribution is -0.146. The van der Waals surface area contributed by atoms with Crippen LogP contribution in [0.5, 0.6) is 11.5 Å². The fourth-order valence-corrected chi connectivity index (χ4v) is 5.63. The van der Waals surface area contributed by atoms with Gasteiger partial charge in [0.15, 0.2) is 0 Å². The predicted octanol–water partition coefficient (Wildman–Crippen LogP) is 3.30. The van der Waals surface area contributed by atoms with E-state index in [9.17, 15) is 24.3 Å². The summed E-state index contributed by atoms with van der Waals surface area (Å²) in [5.74, 6) is -1.40. The van der Waals surface area contributed by atoms with Crippen LogP contribution in [0.25, 0.3) is 10.9 Å². The maximum absolute atomic E-state index is 14.2. The van der Waals surface area contributed by atoms with Crippen LogP contribution < -0.4 is 20.1 Å². The standard InChI is InChI=1S/C31H43N5O8/c1-9-17-14-31(17,27(39)40)34-25(37)22-13-19(43-23-15-32-35-21-12-18(42-8)10-11-20(21)23)16-36(22)26(38)24(29(2,3)4)33-28(41)44-30(5,6)7/h10-12,15,17,19,22,24H,9,13-14,16H2,1-8H3,(H,33,41)(H,34,37)(H,39,40). The van der Waals surface area contributed by atoms with Crippen LogP contribution in [0.15, 0.2) is 24.4 Å². The summed E-state index contributed by atoms with van der Waals surface area (Å²) in [7, 11) is 1.55. The highest BCUT2D eigenvalue weighted by Crippen LogP contribution is 2.46. The number of nitrogens with one attached hydrogen (secondary N) is 2. The third-order valence-electron chi connectivity index (χ3n) is 8.05. The molecular weight excluding hydrogens is 570 g/mol. The Morgan fingerprint density at radius 2 is 1.86 bits per heavy atom. The first-order valence-electron chi connectivity index (χ1n) is 14.8. The average Bonchev–Trinajstić information content (AvgIpc) is 3.49. The first kappa shape index (κ1) is 32.7. The molecule has 1 aromatic heterocycles. The van der Waals surface area contributed by atoms with E-state index in [4.69, 9.17) is 14.2 Å². The van der Waals surface area contributed by atoms with Crippen LogP contribution in [0, 0.1) is 11.3 Å². The van der Waals surface area contributed by atoms with Gasteiger partial charge >= 0.3 is 12.1 Å². The quantitative estimate of drug-likeness (QED) is 0.381. The molecule has 1 aromatic carbocycles. The fraction of sp³-hybridized carbons (Fsp3) is 0.613. The number of alkyl carbamates (subject to hydrolysis) is 1. The van der Waals surface area contributed by atoms with Crippen LogP contribution in [0.3, 0.4) is 0 Å². The number of likely N-dealkylation sites (tertiary alicyclic amines) is 1. The van der Waals surface area contributed by atoms with Crippen molar-refractivity contribution in [3.63, 3.8) is 0 Å². The van der Waals surface area contributed by atoms with E-state index < -0.39 is 58.6 Å². The van der Waals surface area contributed by atoms with E-state index >= 15 is 0 Å². The Balaban J connectivity index is 1.64. The molecule has 13 heteroatoms. The summed E-state index contributed by atoms with van der Waals surface area (Å²) in [5.41, 5.74) is -2.38. The summed E-state index contributed by atoms with van der Waals surface area (Å²) in [4.78, 5) is 54.3. The second-order valence-electron chi connectivity index (χ2n) is 13.6. The van der Waals surface area contributed by atoms with Crippen molar-refractivity contribution in [2.75, 3.05) is 13.7 Å². The van der Waals surface area contributed by atoms with Gasteiger partial charge in [0.2, 0.25) is 11.8 Å². The third-order valence-corrected chi connectivity index (χ3v) is 8.05. The molecule has 13 nitrogen and oxygen atoms in total. The maximum atomic E-state index is 14.2. The number of carboxylic acids is 1. The van der Waals surface area contributed by atoms with E-state index in [1.165, 1.54) is 11.1 Å². The van der Waals surface area contributed by atoms with Gasteiger partial charge in [0.05, 0.1) is 19.9 Å². The largest absolute Gasteiger partial charge is 0.497 e. The highest BCUT2D eigenvalue weighted by molar-refractivity contribution is 5.96. The SMILES string of the molecule is CCC1CC1(NC(=O)C1CC(Oc2cnnc3cc(OC)ccc23)CN1C(=O)C(NC(=O)OC(C)(C)C)C(C)(C)C)C(=O)O. The molecule has 3 amide bonds. The summed E-state index contributed by atoms with van der Waals surface area (Å²) in [6.07, 6.45) is 1.04. The number of hydrogen-bond donors (Lipinski definition) is 3. The molecule has 3 N–H and O–H groups in total. The van der Waals surface area contributed by atoms with Crippen molar-refractivity contribution in [3.05, 3.63) is 24.4 Å². The molecule has 2 aliphatic rings. The molecule has 1 aliphatic heterocycles. The number of benzene rings is 1. The summed E-state index contributed by atoms with van der Waals surface area (Å²) in [5, 5.41) is 24.2. The van der Waals surface area contributed by atoms with E-state index in [-0.39, 0.29) is 18.9 Å². The van der Waals surface area contributed by atoms with E-state index in [0.717, 1.165) is 0 Å².